The predicted molar refractivity (Wildman–Crippen MR) is 74.4 cm³/mol. The van der Waals surface area contributed by atoms with Crippen molar-refractivity contribution in [1.82, 2.24) is 4.98 Å². The van der Waals surface area contributed by atoms with E-state index < -0.39 is 0 Å². The molecule has 0 amide bonds. The lowest BCUT2D eigenvalue weighted by molar-refractivity contribution is 0.621. The molecule has 0 aliphatic rings. The second-order valence-electron chi connectivity index (χ2n) is 3.64. The van der Waals surface area contributed by atoms with Gasteiger partial charge in [0, 0.05) is 11.1 Å². The van der Waals surface area contributed by atoms with E-state index in [9.17, 15) is 4.39 Å². The van der Waals surface area contributed by atoms with Gasteiger partial charge in [-0.1, -0.05) is 6.07 Å². The maximum absolute atomic E-state index is 13.1. The summed E-state index contributed by atoms with van der Waals surface area (Å²) in [4.78, 5) is 4.26. The van der Waals surface area contributed by atoms with Gasteiger partial charge in [-0.2, -0.15) is 5.26 Å². The van der Waals surface area contributed by atoms with Gasteiger partial charge in [-0.3, -0.25) is 0 Å². The first-order valence-electron chi connectivity index (χ1n) is 5.09. The van der Waals surface area contributed by atoms with Crippen molar-refractivity contribution in [3.05, 3.63) is 50.1 Å². The van der Waals surface area contributed by atoms with Crippen LogP contribution in [0.15, 0.2) is 28.1 Å². The van der Waals surface area contributed by atoms with E-state index in [0.717, 1.165) is 11.3 Å². The standard InChI is InChI=1S/C13H8BrFN2S/c1-8-7-18-13(17-8)10(6-16)4-9-2-3-12(15)11(14)5-9/h2-5,7H,1H3/b10-4+. The molecular formula is C13H8BrFN2S. The van der Waals surface area contributed by atoms with Crippen LogP contribution in [0, 0.1) is 24.1 Å². The molecule has 90 valence electrons. The quantitative estimate of drug-likeness (QED) is 0.767. The second-order valence-corrected chi connectivity index (χ2v) is 5.35. The maximum Gasteiger partial charge on any atom is 0.137 e. The summed E-state index contributed by atoms with van der Waals surface area (Å²) in [6.45, 7) is 1.88. The summed E-state index contributed by atoms with van der Waals surface area (Å²) < 4.78 is 13.5. The molecule has 2 rings (SSSR count). The Morgan fingerprint density at radius 3 is 2.89 bits per heavy atom. The molecule has 0 fully saturated rings. The van der Waals surface area contributed by atoms with Crippen molar-refractivity contribution in [3.63, 3.8) is 0 Å². The normalized spacial score (nSPS) is 11.3. The van der Waals surface area contributed by atoms with Gasteiger partial charge in [-0.25, -0.2) is 9.37 Å². The number of hydrogen-bond donors (Lipinski definition) is 0. The van der Waals surface area contributed by atoms with E-state index in [4.69, 9.17) is 5.26 Å². The zero-order valence-electron chi connectivity index (χ0n) is 9.45. The van der Waals surface area contributed by atoms with Crippen molar-refractivity contribution >= 4 is 38.9 Å². The maximum atomic E-state index is 13.1. The van der Waals surface area contributed by atoms with Crippen LogP contribution in [-0.4, -0.2) is 4.98 Å². The summed E-state index contributed by atoms with van der Waals surface area (Å²) in [6.07, 6.45) is 1.70. The third-order valence-electron chi connectivity index (χ3n) is 2.22. The first-order valence-corrected chi connectivity index (χ1v) is 6.77. The molecule has 0 saturated heterocycles. The van der Waals surface area contributed by atoms with Gasteiger partial charge in [0.15, 0.2) is 0 Å². The molecule has 2 aromatic rings. The fraction of sp³-hybridized carbons (Fsp3) is 0.0769. The van der Waals surface area contributed by atoms with Crippen LogP contribution < -0.4 is 0 Å². The number of rotatable bonds is 2. The molecule has 18 heavy (non-hydrogen) atoms. The fourth-order valence-electron chi connectivity index (χ4n) is 1.39. The van der Waals surface area contributed by atoms with Crippen LogP contribution in [0.2, 0.25) is 0 Å². The average molecular weight is 323 g/mol. The van der Waals surface area contributed by atoms with Crippen molar-refractivity contribution in [2.45, 2.75) is 6.92 Å². The van der Waals surface area contributed by atoms with Gasteiger partial charge in [0.1, 0.15) is 16.9 Å². The van der Waals surface area contributed by atoms with Crippen molar-refractivity contribution in [3.8, 4) is 6.07 Å². The number of benzene rings is 1. The van der Waals surface area contributed by atoms with E-state index in [1.165, 1.54) is 17.4 Å². The number of halogens is 2. The zero-order chi connectivity index (χ0) is 13.1. The second kappa shape index (κ2) is 5.42. The van der Waals surface area contributed by atoms with Crippen LogP contribution >= 0.6 is 27.3 Å². The lowest BCUT2D eigenvalue weighted by atomic mass is 10.1. The highest BCUT2D eigenvalue weighted by Gasteiger charge is 2.06. The predicted octanol–water partition coefficient (Wildman–Crippen LogP) is 4.42. The molecule has 0 radical (unpaired) electrons. The van der Waals surface area contributed by atoms with Crippen LogP contribution in [0.1, 0.15) is 16.3 Å². The minimum absolute atomic E-state index is 0.323. The Hall–Kier alpha value is -1.51. The van der Waals surface area contributed by atoms with E-state index in [1.807, 2.05) is 12.3 Å². The first-order chi connectivity index (χ1) is 8.60. The van der Waals surface area contributed by atoms with E-state index >= 15 is 0 Å². The molecule has 1 aromatic heterocycles. The molecule has 0 unspecified atom stereocenters. The van der Waals surface area contributed by atoms with E-state index in [-0.39, 0.29) is 5.82 Å². The molecular weight excluding hydrogens is 315 g/mol. The van der Waals surface area contributed by atoms with Crippen LogP contribution in [0.25, 0.3) is 11.6 Å². The third kappa shape index (κ3) is 2.84. The first kappa shape index (κ1) is 12.9. The Balaban J connectivity index is 2.41. The molecule has 0 aliphatic heterocycles. The minimum atomic E-state index is -0.323. The van der Waals surface area contributed by atoms with Gasteiger partial charge in [0.2, 0.25) is 0 Å². The number of hydrogen-bond acceptors (Lipinski definition) is 3. The summed E-state index contributed by atoms with van der Waals surface area (Å²) in [5.74, 6) is -0.323. The summed E-state index contributed by atoms with van der Waals surface area (Å²) in [7, 11) is 0. The number of allylic oxidation sites excluding steroid dienone is 1. The smallest absolute Gasteiger partial charge is 0.137 e. The molecule has 0 saturated carbocycles. The lowest BCUT2D eigenvalue weighted by Gasteiger charge is -1.98. The highest BCUT2D eigenvalue weighted by atomic mass is 79.9. The third-order valence-corrected chi connectivity index (χ3v) is 3.83. The van der Waals surface area contributed by atoms with Crippen LogP contribution in [0.5, 0.6) is 0 Å². The minimum Gasteiger partial charge on any atom is -0.241 e. The molecule has 1 heterocycles. The van der Waals surface area contributed by atoms with Gasteiger partial charge in [-0.05, 0) is 46.6 Å². The SMILES string of the molecule is Cc1csc(/C(C#N)=C/c2ccc(F)c(Br)c2)n1. The van der Waals surface area contributed by atoms with Crippen LogP contribution in [-0.2, 0) is 0 Å². The molecule has 1 aromatic carbocycles. The summed E-state index contributed by atoms with van der Waals surface area (Å²) >= 11 is 4.54. The topological polar surface area (TPSA) is 36.7 Å². The van der Waals surface area contributed by atoms with E-state index in [0.29, 0.717) is 15.1 Å². The van der Waals surface area contributed by atoms with Gasteiger partial charge in [-0.15, -0.1) is 11.3 Å². The van der Waals surface area contributed by atoms with Crippen molar-refractivity contribution < 1.29 is 4.39 Å². The Kier molecular flexibility index (Phi) is 3.90. The zero-order valence-corrected chi connectivity index (χ0v) is 11.8. The molecule has 0 atom stereocenters. The molecule has 0 N–H and O–H groups in total. The summed E-state index contributed by atoms with van der Waals surface area (Å²) in [5, 5.41) is 11.7. The number of aromatic nitrogens is 1. The molecule has 0 spiro atoms. The number of nitrogens with zero attached hydrogens (tertiary/aromatic N) is 2. The van der Waals surface area contributed by atoms with Crippen molar-refractivity contribution in [2.75, 3.05) is 0 Å². The Morgan fingerprint density at radius 1 is 1.56 bits per heavy atom. The Morgan fingerprint density at radius 2 is 2.33 bits per heavy atom. The Labute approximate surface area is 117 Å². The molecule has 0 bridgehead atoms. The van der Waals surface area contributed by atoms with Crippen LogP contribution in [0.3, 0.4) is 0 Å². The summed E-state index contributed by atoms with van der Waals surface area (Å²) in [6, 6.07) is 6.73. The van der Waals surface area contributed by atoms with E-state index in [1.54, 1.807) is 18.2 Å². The van der Waals surface area contributed by atoms with Gasteiger partial charge < -0.3 is 0 Å². The van der Waals surface area contributed by atoms with E-state index in [2.05, 4.69) is 27.0 Å². The van der Waals surface area contributed by atoms with Gasteiger partial charge in [0.05, 0.1) is 10.0 Å². The van der Waals surface area contributed by atoms with Crippen molar-refractivity contribution in [1.29, 1.82) is 5.26 Å². The van der Waals surface area contributed by atoms with Gasteiger partial charge in [0.25, 0.3) is 0 Å². The Bertz CT molecular complexity index is 655. The largest absolute Gasteiger partial charge is 0.241 e. The highest BCUT2D eigenvalue weighted by molar-refractivity contribution is 9.10. The molecule has 2 nitrogen and oxygen atoms in total. The molecule has 0 aliphatic carbocycles. The fourth-order valence-corrected chi connectivity index (χ4v) is 2.55. The number of aryl methyl sites for hydroxylation is 1. The monoisotopic (exact) mass is 322 g/mol. The summed E-state index contributed by atoms with van der Waals surface area (Å²) in [5.41, 5.74) is 2.12. The number of thiazole rings is 1. The van der Waals surface area contributed by atoms with Gasteiger partial charge >= 0.3 is 0 Å². The highest BCUT2D eigenvalue weighted by Crippen LogP contribution is 2.23. The lowest BCUT2D eigenvalue weighted by Crippen LogP contribution is -1.83. The average Bonchev–Trinajstić information content (AvgIpc) is 2.77. The van der Waals surface area contributed by atoms with Crippen molar-refractivity contribution in [2.24, 2.45) is 0 Å². The molecule has 5 heteroatoms. The number of nitriles is 1. The van der Waals surface area contributed by atoms with Crippen LogP contribution in [0.4, 0.5) is 4.39 Å².